The lowest BCUT2D eigenvalue weighted by Crippen LogP contribution is -2.34. The molecule has 0 aliphatic carbocycles. The molecule has 1 N–H and O–H groups in total. The number of carbonyl (C=O) groups excluding carboxylic acids is 3. The van der Waals surface area contributed by atoms with Crippen LogP contribution in [0, 0.1) is 5.82 Å². The van der Waals surface area contributed by atoms with E-state index in [0.717, 1.165) is 0 Å². The first kappa shape index (κ1) is 22.2. The third-order valence-electron chi connectivity index (χ3n) is 3.96. The molecule has 0 saturated heterocycles. The van der Waals surface area contributed by atoms with Gasteiger partial charge in [0.15, 0.2) is 6.61 Å². The highest BCUT2D eigenvalue weighted by Crippen LogP contribution is 2.20. The molecule has 9 heteroatoms. The molecule has 2 amide bonds. The van der Waals surface area contributed by atoms with Crippen molar-refractivity contribution in [2.75, 3.05) is 27.3 Å². The molecule has 0 aliphatic rings. The van der Waals surface area contributed by atoms with E-state index < -0.39 is 36.8 Å². The molecule has 2 aromatic rings. The fourth-order valence-corrected chi connectivity index (χ4v) is 2.55. The Kier molecular flexibility index (Phi) is 7.97. The molecule has 0 fully saturated rings. The summed E-state index contributed by atoms with van der Waals surface area (Å²) in [5.41, 5.74) is 0.483. The van der Waals surface area contributed by atoms with Crippen LogP contribution in [0.1, 0.15) is 15.9 Å². The van der Waals surface area contributed by atoms with E-state index in [1.807, 2.05) is 0 Å². The van der Waals surface area contributed by atoms with Crippen LogP contribution in [0.15, 0.2) is 42.5 Å². The fourth-order valence-electron chi connectivity index (χ4n) is 2.33. The number of halogens is 2. The average molecular weight is 423 g/mol. The normalized spacial score (nSPS) is 10.2. The summed E-state index contributed by atoms with van der Waals surface area (Å²) < 4.78 is 23.7. The SMILES string of the molecule is COc1cccc(C(=O)NCC(=O)OCC(=O)N(C)Cc2c(F)cccc2Cl)c1. The van der Waals surface area contributed by atoms with E-state index in [1.165, 1.54) is 43.3 Å². The zero-order valence-corrected chi connectivity index (χ0v) is 16.7. The van der Waals surface area contributed by atoms with Crippen LogP contribution < -0.4 is 10.1 Å². The van der Waals surface area contributed by atoms with Crippen molar-refractivity contribution in [3.63, 3.8) is 0 Å². The van der Waals surface area contributed by atoms with Gasteiger partial charge in [-0.1, -0.05) is 23.7 Å². The highest BCUT2D eigenvalue weighted by Gasteiger charge is 2.16. The van der Waals surface area contributed by atoms with Gasteiger partial charge in [-0.2, -0.15) is 0 Å². The minimum atomic E-state index is -0.785. The Morgan fingerprint density at radius 3 is 2.59 bits per heavy atom. The molecule has 0 heterocycles. The largest absolute Gasteiger partial charge is 0.497 e. The summed E-state index contributed by atoms with van der Waals surface area (Å²) in [7, 11) is 2.91. The summed E-state index contributed by atoms with van der Waals surface area (Å²) >= 11 is 5.93. The number of rotatable bonds is 8. The Hall–Kier alpha value is -3.13. The van der Waals surface area contributed by atoms with Gasteiger partial charge in [-0.25, -0.2) is 4.39 Å². The predicted molar refractivity (Wildman–Crippen MR) is 104 cm³/mol. The van der Waals surface area contributed by atoms with Gasteiger partial charge in [0.05, 0.1) is 7.11 Å². The molecule has 0 spiro atoms. The summed E-state index contributed by atoms with van der Waals surface area (Å²) in [4.78, 5) is 37.1. The molecule has 29 heavy (non-hydrogen) atoms. The molecule has 7 nitrogen and oxygen atoms in total. The number of esters is 1. The van der Waals surface area contributed by atoms with Gasteiger partial charge in [-0.15, -0.1) is 0 Å². The summed E-state index contributed by atoms with van der Waals surface area (Å²) in [6, 6.07) is 10.6. The summed E-state index contributed by atoms with van der Waals surface area (Å²) in [5.74, 6) is -1.85. The van der Waals surface area contributed by atoms with Gasteiger partial charge in [-0.3, -0.25) is 14.4 Å². The number of methoxy groups -OCH3 is 1. The van der Waals surface area contributed by atoms with Gasteiger partial charge in [-0.05, 0) is 30.3 Å². The highest BCUT2D eigenvalue weighted by molar-refractivity contribution is 6.31. The lowest BCUT2D eigenvalue weighted by atomic mass is 10.2. The van der Waals surface area contributed by atoms with Crippen LogP contribution in [-0.4, -0.2) is 50.0 Å². The molecule has 2 rings (SSSR count). The van der Waals surface area contributed by atoms with Crippen LogP contribution >= 0.6 is 11.6 Å². The van der Waals surface area contributed by atoms with E-state index in [9.17, 15) is 18.8 Å². The first-order valence-electron chi connectivity index (χ1n) is 8.56. The van der Waals surface area contributed by atoms with E-state index >= 15 is 0 Å². The maximum atomic E-state index is 13.8. The van der Waals surface area contributed by atoms with Gasteiger partial charge in [0.25, 0.3) is 11.8 Å². The Morgan fingerprint density at radius 1 is 1.17 bits per heavy atom. The minimum absolute atomic E-state index is 0.0749. The Balaban J connectivity index is 1.79. The number of amides is 2. The van der Waals surface area contributed by atoms with Crippen molar-refractivity contribution in [3.05, 3.63) is 64.4 Å². The van der Waals surface area contributed by atoms with E-state index in [2.05, 4.69) is 5.32 Å². The number of carbonyl (C=O) groups is 3. The first-order chi connectivity index (χ1) is 13.8. The maximum absolute atomic E-state index is 13.8. The molecular weight excluding hydrogens is 403 g/mol. The highest BCUT2D eigenvalue weighted by atomic mass is 35.5. The summed E-state index contributed by atoms with van der Waals surface area (Å²) in [6.07, 6.45) is 0. The molecule has 0 saturated carbocycles. The van der Waals surface area contributed by atoms with Crippen molar-refractivity contribution in [2.45, 2.75) is 6.54 Å². The monoisotopic (exact) mass is 422 g/mol. The van der Waals surface area contributed by atoms with Crippen LogP contribution in [0.2, 0.25) is 5.02 Å². The molecule has 0 unspecified atom stereocenters. The van der Waals surface area contributed by atoms with Crippen LogP contribution in [0.5, 0.6) is 5.75 Å². The third-order valence-corrected chi connectivity index (χ3v) is 4.32. The van der Waals surface area contributed by atoms with E-state index in [4.69, 9.17) is 21.1 Å². The van der Waals surface area contributed by atoms with Crippen molar-refractivity contribution in [3.8, 4) is 5.75 Å². The average Bonchev–Trinajstić information content (AvgIpc) is 2.72. The Labute approximate surface area is 172 Å². The molecule has 0 atom stereocenters. The molecule has 0 aliphatic heterocycles. The van der Waals surface area contributed by atoms with Gasteiger partial charge in [0.1, 0.15) is 18.1 Å². The maximum Gasteiger partial charge on any atom is 0.325 e. The second-order valence-corrected chi connectivity index (χ2v) is 6.43. The van der Waals surface area contributed by atoms with Crippen LogP contribution in [-0.2, 0) is 20.9 Å². The van der Waals surface area contributed by atoms with E-state index in [1.54, 1.807) is 18.2 Å². The zero-order valence-electron chi connectivity index (χ0n) is 15.9. The number of hydrogen-bond acceptors (Lipinski definition) is 5. The molecule has 0 aromatic heterocycles. The summed E-state index contributed by atoms with van der Waals surface area (Å²) in [6.45, 7) is -1.03. The Morgan fingerprint density at radius 2 is 1.90 bits per heavy atom. The van der Waals surface area contributed by atoms with E-state index in [0.29, 0.717) is 11.3 Å². The molecule has 0 radical (unpaired) electrons. The van der Waals surface area contributed by atoms with Gasteiger partial charge in [0, 0.05) is 29.7 Å². The number of nitrogens with one attached hydrogen (secondary N) is 1. The molecule has 154 valence electrons. The topological polar surface area (TPSA) is 84.9 Å². The number of hydrogen-bond donors (Lipinski definition) is 1. The summed E-state index contributed by atoms with van der Waals surface area (Å²) in [5, 5.41) is 2.59. The molecule has 2 aromatic carbocycles. The Bertz CT molecular complexity index is 886. The minimum Gasteiger partial charge on any atom is -0.497 e. The van der Waals surface area contributed by atoms with Crippen LogP contribution in [0.4, 0.5) is 4.39 Å². The van der Waals surface area contributed by atoms with Crippen molar-refractivity contribution in [2.24, 2.45) is 0 Å². The number of benzene rings is 2. The van der Waals surface area contributed by atoms with Gasteiger partial charge >= 0.3 is 5.97 Å². The van der Waals surface area contributed by atoms with Gasteiger partial charge < -0.3 is 19.7 Å². The second-order valence-electron chi connectivity index (χ2n) is 6.03. The molecule has 0 bridgehead atoms. The lowest BCUT2D eigenvalue weighted by molar-refractivity contribution is -0.150. The fraction of sp³-hybridized carbons (Fsp3) is 0.250. The standard InChI is InChI=1S/C20H20ClFN2O5/c1-24(11-15-16(21)7-4-8-17(15)22)18(25)12-29-19(26)10-23-20(27)13-5-3-6-14(9-13)28-2/h3-9H,10-12H2,1-2H3,(H,23,27). The van der Waals surface area contributed by atoms with E-state index in [-0.39, 0.29) is 17.1 Å². The van der Waals surface area contributed by atoms with Crippen molar-refractivity contribution >= 4 is 29.4 Å². The number of ether oxygens (including phenoxy) is 2. The number of likely N-dealkylation sites (N-methyl/N-ethyl adjacent to an activating group) is 1. The quantitative estimate of drug-likeness (QED) is 0.660. The smallest absolute Gasteiger partial charge is 0.325 e. The van der Waals surface area contributed by atoms with Gasteiger partial charge in [0.2, 0.25) is 0 Å². The van der Waals surface area contributed by atoms with Crippen molar-refractivity contribution < 1.29 is 28.2 Å². The van der Waals surface area contributed by atoms with Crippen LogP contribution in [0.25, 0.3) is 0 Å². The second kappa shape index (κ2) is 10.4. The lowest BCUT2D eigenvalue weighted by Gasteiger charge is -2.18. The third kappa shape index (κ3) is 6.46. The number of nitrogens with zero attached hydrogens (tertiary/aromatic N) is 1. The van der Waals surface area contributed by atoms with Crippen molar-refractivity contribution in [1.29, 1.82) is 0 Å². The molecular formula is C20H20ClFN2O5. The first-order valence-corrected chi connectivity index (χ1v) is 8.94. The van der Waals surface area contributed by atoms with Crippen LogP contribution in [0.3, 0.4) is 0 Å². The predicted octanol–water partition coefficient (Wildman–Crippen LogP) is 2.42. The van der Waals surface area contributed by atoms with Crippen molar-refractivity contribution in [1.82, 2.24) is 10.2 Å². The zero-order chi connectivity index (χ0) is 21.4.